The van der Waals surface area contributed by atoms with Crippen molar-refractivity contribution in [2.75, 3.05) is 31.1 Å². The van der Waals surface area contributed by atoms with E-state index in [1.807, 2.05) is 4.72 Å². The van der Waals surface area contributed by atoms with E-state index >= 15 is 0 Å². The number of hydrogen-bond acceptors (Lipinski definition) is 5. The van der Waals surface area contributed by atoms with Gasteiger partial charge in [-0.05, 0) is 25.2 Å². The summed E-state index contributed by atoms with van der Waals surface area (Å²) in [6, 6.07) is 2.94. The van der Waals surface area contributed by atoms with Crippen molar-refractivity contribution in [1.29, 1.82) is 0 Å². The first-order valence-electron chi connectivity index (χ1n) is 5.57. The Morgan fingerprint density at radius 1 is 1.14 bits per heavy atom. The molecule has 21 heavy (non-hydrogen) atoms. The van der Waals surface area contributed by atoms with Crippen LogP contribution in [-0.4, -0.2) is 43.2 Å². The number of likely N-dealkylation sites (N-methyl/N-ethyl adjacent to an activating group) is 1. The third-order valence-corrected chi connectivity index (χ3v) is 4.26. The van der Waals surface area contributed by atoms with Gasteiger partial charge in [0.2, 0.25) is 20.0 Å². The van der Waals surface area contributed by atoms with Gasteiger partial charge >= 0.3 is 0 Å². The van der Waals surface area contributed by atoms with Gasteiger partial charge in [0.15, 0.2) is 0 Å². The van der Waals surface area contributed by atoms with Crippen molar-refractivity contribution in [2.45, 2.75) is 4.90 Å². The molecule has 122 valence electrons. The minimum absolute atomic E-state index is 0. The Hall–Kier alpha value is -0.940. The van der Waals surface area contributed by atoms with Crippen LogP contribution in [-0.2, 0) is 20.0 Å². The Bertz CT molecular complexity index is 680. The molecule has 0 amide bonds. The Morgan fingerprint density at radius 3 is 2.24 bits per heavy atom. The van der Waals surface area contributed by atoms with Gasteiger partial charge in [-0.15, -0.1) is 12.4 Å². The van der Waals surface area contributed by atoms with Crippen LogP contribution >= 0.6 is 12.4 Å². The highest BCUT2D eigenvalue weighted by molar-refractivity contribution is 7.92. The van der Waals surface area contributed by atoms with Gasteiger partial charge < -0.3 is 5.32 Å². The quantitative estimate of drug-likeness (QED) is 0.598. The lowest BCUT2D eigenvalue weighted by atomic mass is 10.3. The predicted octanol–water partition coefficient (Wildman–Crippen LogP) is 0.117. The monoisotopic (exact) mass is 361 g/mol. The van der Waals surface area contributed by atoms with Crippen molar-refractivity contribution < 1.29 is 21.2 Å². The summed E-state index contributed by atoms with van der Waals surface area (Å²) in [7, 11) is -5.79. The third-order valence-electron chi connectivity index (χ3n) is 2.21. The van der Waals surface area contributed by atoms with Crippen molar-refractivity contribution in [3.05, 3.63) is 24.0 Å². The van der Waals surface area contributed by atoms with E-state index in [1.54, 1.807) is 7.05 Å². The summed E-state index contributed by atoms with van der Waals surface area (Å²) < 4.78 is 63.5. The molecule has 0 bridgehead atoms. The molecule has 0 spiro atoms. The van der Waals surface area contributed by atoms with Crippen LogP contribution < -0.4 is 14.8 Å². The zero-order chi connectivity index (χ0) is 15.4. The van der Waals surface area contributed by atoms with Crippen molar-refractivity contribution in [3.63, 3.8) is 0 Å². The molecule has 0 aromatic heterocycles. The first-order chi connectivity index (χ1) is 9.15. The fourth-order valence-electron chi connectivity index (χ4n) is 1.34. The van der Waals surface area contributed by atoms with Gasteiger partial charge in [-0.25, -0.2) is 25.9 Å². The smallest absolute Gasteiger partial charge is 0.240 e. The number of rotatable bonds is 7. The summed E-state index contributed by atoms with van der Waals surface area (Å²) >= 11 is 0. The van der Waals surface area contributed by atoms with E-state index in [4.69, 9.17) is 0 Å². The first kappa shape index (κ1) is 20.1. The number of benzene rings is 1. The molecule has 0 unspecified atom stereocenters. The van der Waals surface area contributed by atoms with Crippen LogP contribution in [0.4, 0.5) is 10.1 Å². The van der Waals surface area contributed by atoms with Crippen LogP contribution in [0.3, 0.4) is 0 Å². The van der Waals surface area contributed by atoms with Crippen LogP contribution in [0.25, 0.3) is 0 Å². The van der Waals surface area contributed by atoms with Gasteiger partial charge in [0.25, 0.3) is 0 Å². The summed E-state index contributed by atoms with van der Waals surface area (Å²) in [5, 5.41) is 2.76. The van der Waals surface area contributed by atoms with E-state index in [0.29, 0.717) is 6.54 Å². The second-order valence-electron chi connectivity index (χ2n) is 4.02. The van der Waals surface area contributed by atoms with Crippen LogP contribution in [0.15, 0.2) is 23.1 Å². The molecule has 0 saturated heterocycles. The van der Waals surface area contributed by atoms with E-state index in [2.05, 4.69) is 10.0 Å². The molecule has 0 radical (unpaired) electrons. The fourth-order valence-corrected chi connectivity index (χ4v) is 2.95. The van der Waals surface area contributed by atoms with E-state index < -0.39 is 25.9 Å². The van der Waals surface area contributed by atoms with Gasteiger partial charge in [0.05, 0.1) is 16.8 Å². The second-order valence-corrected chi connectivity index (χ2v) is 7.53. The highest BCUT2D eigenvalue weighted by atomic mass is 35.5. The van der Waals surface area contributed by atoms with Crippen LogP contribution in [0, 0.1) is 5.82 Å². The van der Waals surface area contributed by atoms with Gasteiger partial charge in [-0.2, -0.15) is 0 Å². The summed E-state index contributed by atoms with van der Waals surface area (Å²) in [6.07, 6.45) is 0.871. The van der Waals surface area contributed by atoms with Crippen molar-refractivity contribution in [3.8, 4) is 0 Å². The fraction of sp³-hybridized carbons (Fsp3) is 0.400. The van der Waals surface area contributed by atoms with Crippen LogP contribution in [0.5, 0.6) is 0 Å². The van der Waals surface area contributed by atoms with Gasteiger partial charge in [0.1, 0.15) is 5.82 Å². The standard InChI is InChI=1S/C10H16FN3O4S2.ClH/c1-12-5-6-13-20(17,18)8-3-4-10(9(11)7-8)14-19(2,15)16;/h3-4,7,12-14H,5-6H2,1-2H3;1H. The topological polar surface area (TPSA) is 104 Å². The Labute approximate surface area is 129 Å². The molecule has 0 saturated carbocycles. The van der Waals surface area contributed by atoms with Gasteiger partial charge in [-0.3, -0.25) is 4.72 Å². The van der Waals surface area contributed by atoms with E-state index in [9.17, 15) is 21.2 Å². The number of halogens is 2. The summed E-state index contributed by atoms with van der Waals surface area (Å²) in [5.41, 5.74) is -0.304. The zero-order valence-corrected chi connectivity index (χ0v) is 13.8. The van der Waals surface area contributed by atoms with Crippen LogP contribution in [0.2, 0.25) is 0 Å². The number of sulfonamides is 2. The normalized spacial score (nSPS) is 11.8. The average Bonchev–Trinajstić information content (AvgIpc) is 2.30. The average molecular weight is 362 g/mol. The van der Waals surface area contributed by atoms with Crippen molar-refractivity contribution in [1.82, 2.24) is 10.0 Å². The lowest BCUT2D eigenvalue weighted by Gasteiger charge is -2.09. The predicted molar refractivity (Wildman–Crippen MR) is 81.2 cm³/mol. The van der Waals surface area contributed by atoms with E-state index in [-0.39, 0.29) is 29.5 Å². The van der Waals surface area contributed by atoms with E-state index in [0.717, 1.165) is 24.5 Å². The Morgan fingerprint density at radius 2 is 1.76 bits per heavy atom. The van der Waals surface area contributed by atoms with Crippen molar-refractivity contribution >= 4 is 38.1 Å². The Kier molecular flexibility index (Phi) is 7.54. The minimum atomic E-state index is -3.82. The zero-order valence-electron chi connectivity index (χ0n) is 11.4. The molecule has 1 aromatic rings. The Balaban J connectivity index is 0.00000400. The van der Waals surface area contributed by atoms with Gasteiger partial charge in [0, 0.05) is 13.1 Å². The molecule has 0 fully saturated rings. The maximum atomic E-state index is 13.7. The molecule has 0 heterocycles. The molecule has 0 aliphatic heterocycles. The SMILES string of the molecule is CNCCNS(=O)(=O)c1ccc(NS(C)(=O)=O)c(F)c1.Cl. The summed E-state index contributed by atoms with van der Waals surface area (Å²) in [5.74, 6) is -0.966. The number of nitrogens with one attached hydrogen (secondary N) is 3. The van der Waals surface area contributed by atoms with Crippen molar-refractivity contribution in [2.24, 2.45) is 0 Å². The largest absolute Gasteiger partial charge is 0.318 e. The molecule has 1 aromatic carbocycles. The molecule has 7 nitrogen and oxygen atoms in total. The maximum Gasteiger partial charge on any atom is 0.240 e. The highest BCUT2D eigenvalue weighted by Gasteiger charge is 2.16. The molecule has 1 rings (SSSR count). The molecule has 3 N–H and O–H groups in total. The summed E-state index contributed by atoms with van der Waals surface area (Å²) in [4.78, 5) is -0.273. The number of anilines is 1. The van der Waals surface area contributed by atoms with Gasteiger partial charge in [-0.1, -0.05) is 0 Å². The first-order valence-corrected chi connectivity index (χ1v) is 8.95. The lowest BCUT2D eigenvalue weighted by molar-refractivity contribution is 0.576. The molecule has 0 aliphatic rings. The maximum absolute atomic E-state index is 13.7. The summed E-state index contributed by atoms with van der Waals surface area (Å²) in [6.45, 7) is 0.583. The molecule has 0 aliphatic carbocycles. The third kappa shape index (κ3) is 6.57. The van der Waals surface area contributed by atoms with E-state index in [1.165, 1.54) is 0 Å². The number of hydrogen-bond donors (Lipinski definition) is 3. The highest BCUT2D eigenvalue weighted by Crippen LogP contribution is 2.19. The second kappa shape index (κ2) is 7.90. The lowest BCUT2D eigenvalue weighted by Crippen LogP contribution is -2.30. The molecular weight excluding hydrogens is 345 g/mol. The van der Waals surface area contributed by atoms with Crippen LogP contribution in [0.1, 0.15) is 0 Å². The molecular formula is C10H17ClFN3O4S2. The molecule has 0 atom stereocenters. The minimum Gasteiger partial charge on any atom is -0.318 e. The molecule has 11 heteroatoms.